The molecule has 82 valence electrons. The monoisotopic (exact) mass is 297 g/mol. The summed E-state index contributed by atoms with van der Waals surface area (Å²) in [5.41, 5.74) is 1.21. The normalized spacial score (nSPS) is 10.1. The van der Waals surface area contributed by atoms with Crippen LogP contribution in [0.4, 0.5) is 0 Å². The number of alkyl halides is 1. The first-order chi connectivity index (χ1) is 7.78. The lowest BCUT2D eigenvalue weighted by molar-refractivity contribution is 0.463. The molecule has 0 aliphatic rings. The van der Waals surface area contributed by atoms with Gasteiger partial charge in [-0.3, -0.25) is 0 Å². The molecule has 2 nitrogen and oxygen atoms in total. The standard InChI is InChI=1S/C12H9BrClNO/c13-7-9-1-4-11(5-2-9)16-12-6-3-10(14)8-15-12/h1-6,8H,7H2. The molecule has 2 aromatic rings. The molecule has 0 radical (unpaired) electrons. The Morgan fingerprint density at radius 1 is 1.12 bits per heavy atom. The van der Waals surface area contributed by atoms with E-state index < -0.39 is 0 Å². The average molecular weight is 299 g/mol. The summed E-state index contributed by atoms with van der Waals surface area (Å²) in [6, 6.07) is 11.3. The summed E-state index contributed by atoms with van der Waals surface area (Å²) in [5, 5.41) is 1.44. The van der Waals surface area contributed by atoms with Crippen LogP contribution in [0.2, 0.25) is 5.02 Å². The highest BCUT2D eigenvalue weighted by atomic mass is 79.9. The summed E-state index contributed by atoms with van der Waals surface area (Å²) in [6.45, 7) is 0. The van der Waals surface area contributed by atoms with Crippen molar-refractivity contribution in [1.29, 1.82) is 0 Å². The molecular formula is C12H9BrClNO. The fourth-order valence-corrected chi connectivity index (χ4v) is 1.68. The van der Waals surface area contributed by atoms with Crippen LogP contribution in [0.25, 0.3) is 0 Å². The summed E-state index contributed by atoms with van der Waals surface area (Å²) in [5.74, 6) is 1.30. The van der Waals surface area contributed by atoms with Gasteiger partial charge in [-0.05, 0) is 23.8 Å². The minimum Gasteiger partial charge on any atom is -0.439 e. The molecule has 4 heteroatoms. The van der Waals surface area contributed by atoms with Gasteiger partial charge in [0.1, 0.15) is 5.75 Å². The van der Waals surface area contributed by atoms with Gasteiger partial charge in [-0.15, -0.1) is 0 Å². The molecule has 0 amide bonds. The van der Waals surface area contributed by atoms with Crippen LogP contribution in [0.3, 0.4) is 0 Å². The van der Waals surface area contributed by atoms with E-state index >= 15 is 0 Å². The predicted octanol–water partition coefficient (Wildman–Crippen LogP) is 4.42. The fraction of sp³-hybridized carbons (Fsp3) is 0.0833. The number of ether oxygens (including phenoxy) is 1. The zero-order valence-corrected chi connectivity index (χ0v) is 10.7. The smallest absolute Gasteiger partial charge is 0.219 e. The van der Waals surface area contributed by atoms with Crippen LogP contribution < -0.4 is 4.74 Å². The largest absolute Gasteiger partial charge is 0.439 e. The Kier molecular flexibility index (Phi) is 3.80. The van der Waals surface area contributed by atoms with Crippen LogP contribution in [0.15, 0.2) is 42.6 Å². The molecule has 0 fully saturated rings. The lowest BCUT2D eigenvalue weighted by atomic mass is 10.2. The number of rotatable bonds is 3. The molecule has 1 aromatic carbocycles. The lowest BCUT2D eigenvalue weighted by Crippen LogP contribution is -1.87. The van der Waals surface area contributed by atoms with Gasteiger partial charge >= 0.3 is 0 Å². The third-order valence-corrected chi connectivity index (χ3v) is 2.87. The van der Waals surface area contributed by atoms with Crippen molar-refractivity contribution in [2.45, 2.75) is 5.33 Å². The molecule has 2 rings (SSSR count). The van der Waals surface area contributed by atoms with Gasteiger partial charge in [0.2, 0.25) is 5.88 Å². The number of aromatic nitrogens is 1. The number of halogens is 2. The first-order valence-electron chi connectivity index (χ1n) is 4.72. The predicted molar refractivity (Wildman–Crippen MR) is 68.4 cm³/mol. The second kappa shape index (κ2) is 5.32. The van der Waals surface area contributed by atoms with Crippen molar-refractivity contribution in [1.82, 2.24) is 4.98 Å². The first kappa shape index (κ1) is 11.4. The highest BCUT2D eigenvalue weighted by Crippen LogP contribution is 2.21. The highest BCUT2D eigenvalue weighted by molar-refractivity contribution is 9.08. The van der Waals surface area contributed by atoms with Crippen molar-refractivity contribution < 1.29 is 4.74 Å². The zero-order valence-electron chi connectivity index (χ0n) is 8.36. The highest BCUT2D eigenvalue weighted by Gasteiger charge is 1.98. The minimum absolute atomic E-state index is 0.538. The second-order valence-electron chi connectivity index (χ2n) is 3.19. The SMILES string of the molecule is Clc1ccc(Oc2ccc(CBr)cc2)nc1. The minimum atomic E-state index is 0.538. The van der Waals surface area contributed by atoms with E-state index in [1.54, 1.807) is 18.3 Å². The van der Waals surface area contributed by atoms with Gasteiger partial charge in [0, 0.05) is 17.6 Å². The number of benzene rings is 1. The molecule has 0 atom stereocenters. The molecule has 0 bridgehead atoms. The Hall–Kier alpha value is -1.06. The van der Waals surface area contributed by atoms with E-state index in [4.69, 9.17) is 16.3 Å². The van der Waals surface area contributed by atoms with E-state index in [-0.39, 0.29) is 0 Å². The third-order valence-electron chi connectivity index (χ3n) is 2.00. The zero-order chi connectivity index (χ0) is 11.4. The molecule has 0 saturated carbocycles. The van der Waals surface area contributed by atoms with Gasteiger partial charge in [0.05, 0.1) is 5.02 Å². The summed E-state index contributed by atoms with van der Waals surface area (Å²) in [4.78, 5) is 4.05. The number of pyridine rings is 1. The van der Waals surface area contributed by atoms with Crippen LogP contribution in [-0.4, -0.2) is 4.98 Å². The molecule has 0 saturated heterocycles. The summed E-state index contributed by atoms with van der Waals surface area (Å²) >= 11 is 9.12. The molecule has 1 heterocycles. The summed E-state index contributed by atoms with van der Waals surface area (Å²) in [6.07, 6.45) is 1.56. The van der Waals surface area contributed by atoms with Gasteiger partial charge in [-0.25, -0.2) is 4.98 Å². The van der Waals surface area contributed by atoms with E-state index in [1.807, 2.05) is 24.3 Å². The van der Waals surface area contributed by atoms with E-state index in [9.17, 15) is 0 Å². The Bertz CT molecular complexity index is 455. The molecular weight excluding hydrogens is 289 g/mol. The molecule has 0 spiro atoms. The fourth-order valence-electron chi connectivity index (χ4n) is 1.19. The lowest BCUT2D eigenvalue weighted by Gasteiger charge is -2.04. The van der Waals surface area contributed by atoms with Crippen molar-refractivity contribution in [3.63, 3.8) is 0 Å². The molecule has 1 aromatic heterocycles. The van der Waals surface area contributed by atoms with Crippen LogP contribution >= 0.6 is 27.5 Å². The van der Waals surface area contributed by atoms with E-state index in [1.165, 1.54) is 5.56 Å². The Morgan fingerprint density at radius 2 is 1.88 bits per heavy atom. The topological polar surface area (TPSA) is 22.1 Å². The van der Waals surface area contributed by atoms with Crippen molar-refractivity contribution in [3.8, 4) is 11.6 Å². The number of nitrogens with zero attached hydrogens (tertiary/aromatic N) is 1. The Labute approximate surface area is 107 Å². The van der Waals surface area contributed by atoms with Crippen molar-refractivity contribution in [2.75, 3.05) is 0 Å². The van der Waals surface area contributed by atoms with Crippen molar-refractivity contribution >= 4 is 27.5 Å². The van der Waals surface area contributed by atoms with Crippen LogP contribution in [0.1, 0.15) is 5.56 Å². The maximum Gasteiger partial charge on any atom is 0.219 e. The van der Waals surface area contributed by atoms with Crippen LogP contribution in [0, 0.1) is 0 Å². The molecule has 0 aliphatic heterocycles. The number of hydrogen-bond donors (Lipinski definition) is 0. The molecule has 0 N–H and O–H groups in total. The van der Waals surface area contributed by atoms with Crippen LogP contribution in [0.5, 0.6) is 11.6 Å². The number of hydrogen-bond acceptors (Lipinski definition) is 2. The van der Waals surface area contributed by atoms with E-state index in [0.717, 1.165) is 11.1 Å². The summed E-state index contributed by atoms with van der Waals surface area (Å²) < 4.78 is 5.55. The Balaban J connectivity index is 2.11. The quantitative estimate of drug-likeness (QED) is 0.782. The maximum absolute atomic E-state index is 5.73. The van der Waals surface area contributed by atoms with E-state index in [0.29, 0.717) is 10.9 Å². The molecule has 0 unspecified atom stereocenters. The first-order valence-corrected chi connectivity index (χ1v) is 6.22. The van der Waals surface area contributed by atoms with Crippen molar-refractivity contribution in [3.05, 3.63) is 53.2 Å². The van der Waals surface area contributed by atoms with Crippen LogP contribution in [-0.2, 0) is 5.33 Å². The maximum atomic E-state index is 5.73. The second-order valence-corrected chi connectivity index (χ2v) is 4.19. The van der Waals surface area contributed by atoms with Gasteiger partial charge in [-0.1, -0.05) is 39.7 Å². The molecule has 0 aliphatic carbocycles. The molecule has 16 heavy (non-hydrogen) atoms. The average Bonchev–Trinajstić information content (AvgIpc) is 2.33. The van der Waals surface area contributed by atoms with E-state index in [2.05, 4.69) is 20.9 Å². The van der Waals surface area contributed by atoms with Gasteiger partial charge in [-0.2, -0.15) is 0 Å². The van der Waals surface area contributed by atoms with Gasteiger partial charge in [0.25, 0.3) is 0 Å². The van der Waals surface area contributed by atoms with Crippen molar-refractivity contribution in [2.24, 2.45) is 0 Å². The van der Waals surface area contributed by atoms with Gasteiger partial charge in [0.15, 0.2) is 0 Å². The van der Waals surface area contributed by atoms with Gasteiger partial charge < -0.3 is 4.74 Å². The third kappa shape index (κ3) is 2.97. The summed E-state index contributed by atoms with van der Waals surface area (Å²) in [7, 11) is 0. The Morgan fingerprint density at radius 3 is 2.44 bits per heavy atom.